The molecule has 2 aliphatic carbocycles. The SMILES string of the molecule is C[C@H]1C(=O)O[C@H]2[C@@H](O)[C@]34[C@@H]5C[C@@H](C(C)(C)C)[C@]36[C@H](OC(=O)[C@H]6O)O[C@@]4(C(=O)O5)[C@]12O. The van der Waals surface area contributed by atoms with Crippen molar-refractivity contribution in [2.75, 3.05) is 0 Å². The van der Waals surface area contributed by atoms with Crippen LogP contribution in [0.15, 0.2) is 0 Å². The number of aliphatic hydroxyl groups is 3. The lowest BCUT2D eigenvalue weighted by atomic mass is 9.51. The van der Waals surface area contributed by atoms with E-state index >= 15 is 0 Å². The van der Waals surface area contributed by atoms with Gasteiger partial charge in [0.25, 0.3) is 0 Å². The van der Waals surface area contributed by atoms with Crippen LogP contribution in [0, 0.1) is 28.1 Å². The highest BCUT2D eigenvalue weighted by atomic mass is 16.8. The van der Waals surface area contributed by atoms with Crippen molar-refractivity contribution in [1.29, 1.82) is 0 Å². The van der Waals surface area contributed by atoms with Crippen molar-refractivity contribution >= 4 is 17.9 Å². The van der Waals surface area contributed by atoms with Gasteiger partial charge in [0.05, 0.1) is 16.7 Å². The van der Waals surface area contributed by atoms with Crippen molar-refractivity contribution in [3.05, 3.63) is 0 Å². The molecule has 0 aromatic heterocycles. The lowest BCUT2D eigenvalue weighted by molar-refractivity contribution is -0.239. The van der Waals surface area contributed by atoms with Gasteiger partial charge in [-0.3, -0.25) is 4.79 Å². The van der Waals surface area contributed by atoms with E-state index in [9.17, 15) is 29.7 Å². The van der Waals surface area contributed by atoms with E-state index in [0.717, 1.165) is 0 Å². The smallest absolute Gasteiger partial charge is 0.343 e. The van der Waals surface area contributed by atoms with Crippen LogP contribution < -0.4 is 0 Å². The van der Waals surface area contributed by atoms with E-state index in [-0.39, 0.29) is 6.42 Å². The Morgan fingerprint density at radius 2 is 1.70 bits per heavy atom. The molecule has 6 rings (SSSR count). The molecule has 10 heteroatoms. The Labute approximate surface area is 171 Å². The van der Waals surface area contributed by atoms with Gasteiger partial charge >= 0.3 is 17.9 Å². The number of carbonyl (C=O) groups is 3. The van der Waals surface area contributed by atoms with E-state index in [4.69, 9.17) is 18.9 Å². The molecular weight excluding hydrogens is 400 g/mol. The Hall–Kier alpha value is -1.75. The first-order chi connectivity index (χ1) is 13.8. The zero-order valence-corrected chi connectivity index (χ0v) is 16.9. The van der Waals surface area contributed by atoms with Gasteiger partial charge in [0.1, 0.15) is 12.2 Å². The third kappa shape index (κ3) is 1.33. The normalized spacial score (nSPS) is 60.1. The molecule has 2 spiro atoms. The maximum Gasteiger partial charge on any atom is 0.343 e. The summed E-state index contributed by atoms with van der Waals surface area (Å²) in [5.41, 5.74) is -8.26. The molecule has 0 aromatic carbocycles. The maximum atomic E-state index is 13.4. The highest BCUT2D eigenvalue weighted by molar-refractivity contribution is 5.94. The van der Waals surface area contributed by atoms with Crippen LogP contribution in [0.4, 0.5) is 0 Å². The summed E-state index contributed by atoms with van der Waals surface area (Å²) in [7, 11) is 0. The minimum atomic E-state index is -2.24. The zero-order valence-electron chi connectivity index (χ0n) is 16.9. The zero-order chi connectivity index (χ0) is 21.8. The van der Waals surface area contributed by atoms with Gasteiger partial charge in [-0.2, -0.15) is 0 Å². The second kappa shape index (κ2) is 4.69. The van der Waals surface area contributed by atoms with Gasteiger partial charge in [-0.25, -0.2) is 9.59 Å². The largest absolute Gasteiger partial charge is 0.459 e. The van der Waals surface area contributed by atoms with Gasteiger partial charge in [-0.15, -0.1) is 0 Å². The molecule has 6 aliphatic rings. The van der Waals surface area contributed by atoms with Gasteiger partial charge in [-0.1, -0.05) is 20.8 Å². The molecule has 0 unspecified atom stereocenters. The summed E-state index contributed by atoms with van der Waals surface area (Å²) < 4.78 is 22.5. The number of fused-ring (bicyclic) bond motifs is 1. The summed E-state index contributed by atoms with van der Waals surface area (Å²) in [6.07, 6.45) is -6.91. The quantitative estimate of drug-likeness (QED) is 0.314. The van der Waals surface area contributed by atoms with E-state index in [1.165, 1.54) is 6.92 Å². The van der Waals surface area contributed by atoms with Gasteiger partial charge in [0.2, 0.25) is 11.9 Å². The molecule has 6 fully saturated rings. The van der Waals surface area contributed by atoms with Crippen LogP contribution in [-0.2, 0) is 33.3 Å². The Bertz CT molecular complexity index is 925. The van der Waals surface area contributed by atoms with E-state index in [2.05, 4.69) is 0 Å². The fourth-order valence-electron chi connectivity index (χ4n) is 8.12. The number of carbonyl (C=O) groups excluding carboxylic acids is 3. The van der Waals surface area contributed by atoms with Crippen LogP contribution >= 0.6 is 0 Å². The van der Waals surface area contributed by atoms with Crippen LogP contribution in [0.25, 0.3) is 0 Å². The standard InChI is InChI=1S/C20H24O10/c1-6-12(23)28-11-9(21)18-8-5-7(16(2,3)4)17(18)10(22)13(24)29-15(17)30-20(18,14(25)27-8)19(6,11)26/h6-11,15,21-22,26H,5H2,1-4H3/t6-,7-,8-,9+,10+,11-,15+,17-,18+,19-,20+/m0/s1. The third-order valence-electron chi connectivity index (χ3n) is 9.00. The van der Waals surface area contributed by atoms with Gasteiger partial charge in [-0.05, 0) is 24.7 Å². The first kappa shape index (κ1) is 19.0. The Balaban J connectivity index is 1.72. The lowest BCUT2D eigenvalue weighted by Gasteiger charge is -2.47. The van der Waals surface area contributed by atoms with Crippen molar-refractivity contribution in [3.63, 3.8) is 0 Å². The van der Waals surface area contributed by atoms with Crippen LogP contribution in [-0.4, -0.2) is 75.1 Å². The molecular formula is C20H24O10. The molecule has 10 nitrogen and oxygen atoms in total. The second-order valence-electron chi connectivity index (χ2n) is 10.7. The van der Waals surface area contributed by atoms with Gasteiger partial charge in [0.15, 0.2) is 17.8 Å². The summed E-state index contributed by atoms with van der Waals surface area (Å²) >= 11 is 0. The van der Waals surface area contributed by atoms with E-state index in [1.807, 2.05) is 20.8 Å². The molecule has 164 valence electrons. The fraction of sp³-hybridized carbons (Fsp3) is 0.850. The average Bonchev–Trinajstić information content (AvgIpc) is 3.35. The summed E-state index contributed by atoms with van der Waals surface area (Å²) in [6, 6.07) is 0. The van der Waals surface area contributed by atoms with Gasteiger partial charge in [0, 0.05) is 0 Å². The van der Waals surface area contributed by atoms with Crippen molar-refractivity contribution in [3.8, 4) is 0 Å². The molecule has 4 aliphatic heterocycles. The molecule has 0 bridgehead atoms. The highest BCUT2D eigenvalue weighted by Crippen LogP contribution is 2.84. The summed E-state index contributed by atoms with van der Waals surface area (Å²) in [5.74, 6) is -4.32. The predicted octanol–water partition coefficient (Wildman–Crippen LogP) is -1.37. The molecule has 30 heavy (non-hydrogen) atoms. The Morgan fingerprint density at radius 1 is 1.03 bits per heavy atom. The maximum absolute atomic E-state index is 13.4. The van der Waals surface area contributed by atoms with Crippen LogP contribution in [0.3, 0.4) is 0 Å². The number of esters is 3. The molecule has 3 N–H and O–H groups in total. The Morgan fingerprint density at radius 3 is 2.33 bits per heavy atom. The van der Waals surface area contributed by atoms with E-state index < -0.39 is 87.9 Å². The average molecular weight is 424 g/mol. The predicted molar refractivity (Wildman–Crippen MR) is 92.0 cm³/mol. The van der Waals surface area contributed by atoms with Crippen molar-refractivity contribution < 1.29 is 48.7 Å². The third-order valence-corrected chi connectivity index (χ3v) is 9.00. The number of hydrogen-bond acceptors (Lipinski definition) is 10. The number of hydrogen-bond donors (Lipinski definition) is 3. The lowest BCUT2D eigenvalue weighted by Crippen LogP contribution is -2.67. The summed E-state index contributed by atoms with van der Waals surface area (Å²) in [5, 5.41) is 34.7. The molecule has 0 aromatic rings. The van der Waals surface area contributed by atoms with Crippen molar-refractivity contribution in [1.82, 2.24) is 0 Å². The summed E-state index contributed by atoms with van der Waals surface area (Å²) in [4.78, 5) is 38.2. The molecule has 4 saturated heterocycles. The van der Waals surface area contributed by atoms with E-state index in [0.29, 0.717) is 0 Å². The molecule has 11 atom stereocenters. The Kier molecular flexibility index (Phi) is 2.97. The van der Waals surface area contributed by atoms with E-state index in [1.54, 1.807) is 0 Å². The topological polar surface area (TPSA) is 149 Å². The molecule has 0 amide bonds. The molecule has 0 radical (unpaired) electrons. The summed E-state index contributed by atoms with van der Waals surface area (Å²) in [6.45, 7) is 7.14. The number of rotatable bonds is 0. The minimum Gasteiger partial charge on any atom is -0.459 e. The second-order valence-corrected chi connectivity index (χ2v) is 10.7. The highest BCUT2D eigenvalue weighted by Gasteiger charge is 3.03. The minimum absolute atomic E-state index is 0.229. The van der Waals surface area contributed by atoms with Crippen molar-refractivity contribution in [2.45, 2.75) is 76.0 Å². The first-order valence-corrected chi connectivity index (χ1v) is 10.2. The fourth-order valence-corrected chi connectivity index (χ4v) is 8.12. The monoisotopic (exact) mass is 424 g/mol. The van der Waals surface area contributed by atoms with Crippen LogP contribution in [0.1, 0.15) is 34.1 Å². The van der Waals surface area contributed by atoms with Crippen LogP contribution in [0.2, 0.25) is 0 Å². The van der Waals surface area contributed by atoms with Crippen molar-refractivity contribution in [2.24, 2.45) is 28.1 Å². The molecule has 4 heterocycles. The first-order valence-electron chi connectivity index (χ1n) is 10.2. The molecule has 2 saturated carbocycles. The number of aliphatic hydroxyl groups excluding tert-OH is 2. The van der Waals surface area contributed by atoms with Gasteiger partial charge < -0.3 is 34.3 Å². The number of ether oxygens (including phenoxy) is 4. The van der Waals surface area contributed by atoms with Crippen LogP contribution in [0.5, 0.6) is 0 Å².